The van der Waals surface area contributed by atoms with Crippen LogP contribution in [-0.2, 0) is 14.2 Å². The highest BCUT2D eigenvalue weighted by Gasteiger charge is 2.45. The highest BCUT2D eigenvalue weighted by molar-refractivity contribution is 4.94. The van der Waals surface area contributed by atoms with Crippen molar-refractivity contribution in [3.8, 4) is 0 Å². The van der Waals surface area contributed by atoms with Gasteiger partial charge in [-0.3, -0.25) is 0 Å². The molecule has 0 bridgehead atoms. The molecule has 4 N–H and O–H groups in total. The van der Waals surface area contributed by atoms with Crippen LogP contribution in [0.25, 0.3) is 0 Å². The van der Waals surface area contributed by atoms with Crippen molar-refractivity contribution in [2.45, 2.75) is 43.2 Å². The molecular formula is C11H18O7. The van der Waals surface area contributed by atoms with E-state index in [0.717, 1.165) is 0 Å². The zero-order valence-corrected chi connectivity index (χ0v) is 9.81. The Hall–Kier alpha value is -0.700. The Morgan fingerprint density at radius 1 is 1.22 bits per heavy atom. The molecule has 2 aliphatic heterocycles. The van der Waals surface area contributed by atoms with Gasteiger partial charge in [-0.25, -0.2) is 0 Å². The summed E-state index contributed by atoms with van der Waals surface area (Å²) in [6.45, 7) is 3.47. The topological polar surface area (TPSA) is 109 Å². The molecule has 2 saturated heterocycles. The summed E-state index contributed by atoms with van der Waals surface area (Å²) in [5.41, 5.74) is 0. The third kappa shape index (κ3) is 2.66. The summed E-state index contributed by atoms with van der Waals surface area (Å²) < 4.78 is 15.8. The van der Waals surface area contributed by atoms with Crippen molar-refractivity contribution in [3.05, 3.63) is 12.3 Å². The molecule has 18 heavy (non-hydrogen) atoms. The van der Waals surface area contributed by atoms with E-state index >= 15 is 0 Å². The first-order chi connectivity index (χ1) is 8.52. The molecule has 0 radical (unpaired) electrons. The van der Waals surface area contributed by atoms with Crippen LogP contribution in [0, 0.1) is 0 Å². The van der Waals surface area contributed by atoms with Crippen LogP contribution in [0.2, 0.25) is 0 Å². The summed E-state index contributed by atoms with van der Waals surface area (Å²) in [6.07, 6.45) is -6.09. The molecule has 0 aliphatic carbocycles. The molecule has 0 spiro atoms. The molecule has 7 heteroatoms. The smallest absolute Gasteiger partial charge is 0.187 e. The van der Waals surface area contributed by atoms with E-state index < -0.39 is 37.3 Å². The third-order valence-corrected chi connectivity index (χ3v) is 3.10. The average Bonchev–Trinajstić information content (AvgIpc) is 2.75. The lowest BCUT2D eigenvalue weighted by atomic mass is 9.99. The lowest BCUT2D eigenvalue weighted by Crippen LogP contribution is -2.59. The lowest BCUT2D eigenvalue weighted by molar-refractivity contribution is -0.310. The SMILES string of the molecule is C=C1C[C@@H](OC2OC(CO)C(O)C(O)C2O)CO1. The number of ether oxygens (including phenoxy) is 3. The molecule has 0 aromatic rings. The molecular weight excluding hydrogens is 244 g/mol. The Morgan fingerprint density at radius 2 is 1.94 bits per heavy atom. The van der Waals surface area contributed by atoms with Crippen LogP contribution in [0.15, 0.2) is 12.3 Å². The fraction of sp³-hybridized carbons (Fsp3) is 0.818. The van der Waals surface area contributed by atoms with Crippen molar-refractivity contribution >= 4 is 0 Å². The van der Waals surface area contributed by atoms with Gasteiger partial charge in [-0.15, -0.1) is 0 Å². The molecule has 2 heterocycles. The minimum atomic E-state index is -1.42. The van der Waals surface area contributed by atoms with Crippen LogP contribution in [0.1, 0.15) is 6.42 Å². The second-order valence-electron chi connectivity index (χ2n) is 4.51. The zero-order chi connectivity index (χ0) is 13.3. The van der Waals surface area contributed by atoms with E-state index in [2.05, 4.69) is 6.58 Å². The van der Waals surface area contributed by atoms with Gasteiger partial charge in [0, 0.05) is 6.42 Å². The Morgan fingerprint density at radius 3 is 2.50 bits per heavy atom. The van der Waals surface area contributed by atoms with E-state index in [1.54, 1.807) is 0 Å². The van der Waals surface area contributed by atoms with E-state index in [4.69, 9.17) is 19.3 Å². The highest BCUT2D eigenvalue weighted by Crippen LogP contribution is 2.26. The van der Waals surface area contributed by atoms with Gasteiger partial charge in [-0.1, -0.05) is 6.58 Å². The van der Waals surface area contributed by atoms with Crippen LogP contribution in [0.5, 0.6) is 0 Å². The van der Waals surface area contributed by atoms with Gasteiger partial charge in [0.15, 0.2) is 6.29 Å². The quantitative estimate of drug-likeness (QED) is 0.470. The molecule has 5 unspecified atom stereocenters. The normalized spacial score (nSPS) is 45.0. The predicted molar refractivity (Wildman–Crippen MR) is 58.3 cm³/mol. The molecule has 0 aromatic heterocycles. The first-order valence-electron chi connectivity index (χ1n) is 5.79. The van der Waals surface area contributed by atoms with Crippen LogP contribution in [0.4, 0.5) is 0 Å². The molecule has 6 atom stereocenters. The second-order valence-corrected chi connectivity index (χ2v) is 4.51. The summed E-state index contributed by atoms with van der Waals surface area (Å²) in [5.74, 6) is 0.588. The van der Waals surface area contributed by atoms with Crippen molar-refractivity contribution in [1.82, 2.24) is 0 Å². The van der Waals surface area contributed by atoms with E-state index in [-0.39, 0.29) is 6.10 Å². The average molecular weight is 262 g/mol. The van der Waals surface area contributed by atoms with Gasteiger partial charge in [0.2, 0.25) is 0 Å². The van der Waals surface area contributed by atoms with Gasteiger partial charge >= 0.3 is 0 Å². The van der Waals surface area contributed by atoms with Crippen LogP contribution < -0.4 is 0 Å². The fourth-order valence-electron chi connectivity index (χ4n) is 2.04. The monoisotopic (exact) mass is 262 g/mol. The summed E-state index contributed by atoms with van der Waals surface area (Å²) in [4.78, 5) is 0. The Balaban J connectivity index is 1.96. The van der Waals surface area contributed by atoms with Crippen molar-refractivity contribution in [1.29, 1.82) is 0 Å². The summed E-state index contributed by atoms with van der Waals surface area (Å²) in [7, 11) is 0. The van der Waals surface area contributed by atoms with Gasteiger partial charge < -0.3 is 34.6 Å². The fourth-order valence-corrected chi connectivity index (χ4v) is 2.04. The highest BCUT2D eigenvalue weighted by atomic mass is 16.7. The molecule has 0 amide bonds. The van der Waals surface area contributed by atoms with Gasteiger partial charge in [-0.2, -0.15) is 0 Å². The maximum atomic E-state index is 9.74. The lowest BCUT2D eigenvalue weighted by Gasteiger charge is -2.40. The maximum absolute atomic E-state index is 9.74. The van der Waals surface area contributed by atoms with Crippen molar-refractivity contribution in [3.63, 3.8) is 0 Å². The van der Waals surface area contributed by atoms with Crippen LogP contribution in [-0.4, -0.2) is 70.4 Å². The Bertz CT molecular complexity index is 306. The molecule has 2 fully saturated rings. The van der Waals surface area contributed by atoms with Crippen LogP contribution >= 0.6 is 0 Å². The predicted octanol–water partition coefficient (Wildman–Crippen LogP) is -1.89. The number of hydrogen-bond donors (Lipinski definition) is 4. The number of rotatable bonds is 3. The van der Waals surface area contributed by atoms with E-state index in [1.807, 2.05) is 0 Å². The molecule has 104 valence electrons. The van der Waals surface area contributed by atoms with Gasteiger partial charge in [0.05, 0.1) is 12.4 Å². The summed E-state index contributed by atoms with van der Waals surface area (Å²) in [5, 5.41) is 37.9. The number of aliphatic hydroxyl groups excluding tert-OH is 4. The minimum Gasteiger partial charge on any atom is -0.496 e. The molecule has 2 rings (SSSR count). The summed E-state index contributed by atoms with van der Waals surface area (Å²) in [6, 6.07) is 0. The maximum Gasteiger partial charge on any atom is 0.187 e. The zero-order valence-electron chi connectivity index (χ0n) is 9.81. The Labute approximate surface area is 104 Å². The first kappa shape index (κ1) is 13.7. The van der Waals surface area contributed by atoms with E-state index in [0.29, 0.717) is 18.8 Å². The number of aliphatic hydroxyl groups is 4. The molecule has 0 aromatic carbocycles. The van der Waals surface area contributed by atoms with Crippen molar-refractivity contribution < 1.29 is 34.6 Å². The minimum absolute atomic E-state index is 0.299. The first-order valence-corrected chi connectivity index (χ1v) is 5.79. The van der Waals surface area contributed by atoms with Crippen molar-refractivity contribution in [2.75, 3.05) is 13.2 Å². The van der Waals surface area contributed by atoms with E-state index in [9.17, 15) is 15.3 Å². The molecule has 0 saturated carbocycles. The van der Waals surface area contributed by atoms with Gasteiger partial charge in [0.1, 0.15) is 37.1 Å². The van der Waals surface area contributed by atoms with Gasteiger partial charge in [0.25, 0.3) is 0 Å². The largest absolute Gasteiger partial charge is 0.496 e. The van der Waals surface area contributed by atoms with Crippen LogP contribution in [0.3, 0.4) is 0 Å². The third-order valence-electron chi connectivity index (χ3n) is 3.10. The standard InChI is InChI=1S/C11H18O7/c1-5-2-6(4-16-5)17-11-10(15)9(14)8(13)7(3-12)18-11/h6-15H,1-4H2/t6-,7?,8?,9?,10?,11?/m1/s1. The number of hydrogen-bond acceptors (Lipinski definition) is 7. The van der Waals surface area contributed by atoms with Crippen molar-refractivity contribution in [2.24, 2.45) is 0 Å². The van der Waals surface area contributed by atoms with Gasteiger partial charge in [-0.05, 0) is 0 Å². The second kappa shape index (κ2) is 5.52. The molecule has 7 nitrogen and oxygen atoms in total. The summed E-state index contributed by atoms with van der Waals surface area (Å²) >= 11 is 0. The molecule has 2 aliphatic rings. The Kier molecular flexibility index (Phi) is 4.21. The van der Waals surface area contributed by atoms with E-state index in [1.165, 1.54) is 0 Å².